The van der Waals surface area contributed by atoms with Gasteiger partial charge in [-0.25, -0.2) is 0 Å². The van der Waals surface area contributed by atoms with Gasteiger partial charge in [-0.15, -0.1) is 0 Å². The number of para-hydroxylation sites is 3. The molecule has 6 aromatic carbocycles. The molecular formula is C34H22N2. The number of rotatable bonds is 3. The van der Waals surface area contributed by atoms with Crippen molar-refractivity contribution in [3.63, 3.8) is 0 Å². The largest absolute Gasteiger partial charge is 0.310 e. The van der Waals surface area contributed by atoms with Gasteiger partial charge in [0.25, 0.3) is 0 Å². The van der Waals surface area contributed by atoms with Crippen molar-refractivity contribution in [2.24, 2.45) is 0 Å². The van der Waals surface area contributed by atoms with Crippen molar-refractivity contribution in [2.45, 2.75) is 0 Å². The van der Waals surface area contributed by atoms with Crippen LogP contribution in [-0.4, -0.2) is 4.40 Å². The van der Waals surface area contributed by atoms with Crippen molar-refractivity contribution in [1.29, 1.82) is 0 Å². The number of nitrogens with zero attached hydrogens (tertiary/aromatic N) is 2. The van der Waals surface area contributed by atoms with Gasteiger partial charge < -0.3 is 9.30 Å². The second kappa shape index (κ2) is 7.34. The van der Waals surface area contributed by atoms with Crippen LogP contribution in [0.5, 0.6) is 0 Å². The molecule has 36 heavy (non-hydrogen) atoms. The van der Waals surface area contributed by atoms with E-state index in [-0.39, 0.29) is 0 Å². The van der Waals surface area contributed by atoms with Gasteiger partial charge in [-0.1, -0.05) is 78.9 Å². The summed E-state index contributed by atoms with van der Waals surface area (Å²) in [5.74, 6) is 0. The van der Waals surface area contributed by atoms with Gasteiger partial charge in [0.1, 0.15) is 0 Å². The molecule has 0 saturated carbocycles. The smallest absolute Gasteiger partial charge is 0.0622 e. The molecule has 0 N–H and O–H groups in total. The predicted octanol–water partition coefficient (Wildman–Crippen LogP) is 9.46. The maximum atomic E-state index is 2.46. The van der Waals surface area contributed by atoms with Crippen molar-refractivity contribution < 1.29 is 0 Å². The van der Waals surface area contributed by atoms with E-state index in [0.717, 1.165) is 11.4 Å². The molecule has 0 unspecified atom stereocenters. The number of fused-ring (bicyclic) bond motifs is 7. The van der Waals surface area contributed by atoms with E-state index in [2.05, 4.69) is 143 Å². The first-order valence-electron chi connectivity index (χ1n) is 12.4. The van der Waals surface area contributed by atoms with Crippen LogP contribution in [0, 0.1) is 0 Å². The summed E-state index contributed by atoms with van der Waals surface area (Å²) in [6.45, 7) is 0. The van der Waals surface area contributed by atoms with Crippen LogP contribution in [0.1, 0.15) is 0 Å². The van der Waals surface area contributed by atoms with Gasteiger partial charge in [-0.3, -0.25) is 0 Å². The third kappa shape index (κ3) is 2.67. The summed E-state index contributed by atoms with van der Waals surface area (Å²) in [4.78, 5) is 2.36. The quantitative estimate of drug-likeness (QED) is 0.256. The summed E-state index contributed by atoms with van der Waals surface area (Å²) < 4.78 is 2.46. The molecule has 0 saturated heterocycles. The molecule has 168 valence electrons. The van der Waals surface area contributed by atoms with Gasteiger partial charge >= 0.3 is 0 Å². The number of aromatic nitrogens is 1. The highest BCUT2D eigenvalue weighted by Gasteiger charge is 2.21. The normalized spacial score (nSPS) is 11.9. The second-order valence-electron chi connectivity index (χ2n) is 9.47. The molecule has 2 heteroatoms. The fourth-order valence-electron chi connectivity index (χ4n) is 5.90. The molecule has 0 aliphatic heterocycles. The minimum atomic E-state index is 1.15. The molecule has 0 amide bonds. The van der Waals surface area contributed by atoms with Gasteiger partial charge in [-0.2, -0.15) is 0 Å². The van der Waals surface area contributed by atoms with Gasteiger partial charge in [0.2, 0.25) is 0 Å². The van der Waals surface area contributed by atoms with Crippen LogP contribution >= 0.6 is 0 Å². The maximum Gasteiger partial charge on any atom is 0.0622 e. The van der Waals surface area contributed by atoms with Crippen LogP contribution in [0.15, 0.2) is 133 Å². The Kier molecular flexibility index (Phi) is 3.97. The lowest BCUT2D eigenvalue weighted by Crippen LogP contribution is -2.09. The fourth-order valence-corrected chi connectivity index (χ4v) is 5.90. The topological polar surface area (TPSA) is 7.65 Å². The number of hydrogen-bond donors (Lipinski definition) is 0. The van der Waals surface area contributed by atoms with Crippen LogP contribution < -0.4 is 4.90 Å². The van der Waals surface area contributed by atoms with Crippen LogP contribution in [0.4, 0.5) is 17.1 Å². The lowest BCUT2D eigenvalue weighted by Gasteiger charge is -2.25. The Balaban J connectivity index is 1.55. The van der Waals surface area contributed by atoms with E-state index in [0.29, 0.717) is 0 Å². The third-order valence-electron chi connectivity index (χ3n) is 7.44. The van der Waals surface area contributed by atoms with E-state index in [9.17, 15) is 0 Å². The summed E-state index contributed by atoms with van der Waals surface area (Å²) in [5, 5.41) is 7.70. The van der Waals surface area contributed by atoms with E-state index >= 15 is 0 Å². The summed E-state index contributed by atoms with van der Waals surface area (Å²) in [5.41, 5.74) is 7.28. The number of benzene rings is 6. The lowest BCUT2D eigenvalue weighted by molar-refractivity contribution is 1.29. The van der Waals surface area contributed by atoms with Crippen molar-refractivity contribution in [1.82, 2.24) is 4.40 Å². The molecule has 0 spiro atoms. The van der Waals surface area contributed by atoms with E-state index in [1.807, 2.05) is 0 Å². The zero-order valence-electron chi connectivity index (χ0n) is 19.6. The Labute approximate surface area is 208 Å². The standard InChI is InChI=1S/C34H22N2/c1-3-13-25(14-4-1)35(26-15-5-2-6-16-26)27-21-30-28-17-9-10-18-32(28)36-33-20-24-12-8-7-11-23(24)19-29(33)31(22-27)34(30)36/h1-22H. The van der Waals surface area contributed by atoms with Crippen LogP contribution in [0.25, 0.3) is 48.9 Å². The Hall–Kier alpha value is -4.82. The Morgan fingerprint density at radius 3 is 1.64 bits per heavy atom. The first-order chi connectivity index (χ1) is 17.9. The highest BCUT2D eigenvalue weighted by molar-refractivity contribution is 6.25. The van der Waals surface area contributed by atoms with Gasteiger partial charge in [0.15, 0.2) is 0 Å². The molecule has 8 rings (SSSR count). The first-order valence-corrected chi connectivity index (χ1v) is 12.4. The molecule has 0 atom stereocenters. The molecule has 0 radical (unpaired) electrons. The number of anilines is 3. The molecule has 0 aliphatic rings. The SMILES string of the molecule is c1ccc(N(c2ccccc2)c2cc3c4ccccc4n4c5cc6ccccc6cc5c(c2)c34)cc1. The zero-order valence-corrected chi connectivity index (χ0v) is 19.6. The van der Waals surface area contributed by atoms with Crippen LogP contribution in [0.3, 0.4) is 0 Å². The summed E-state index contributed by atoms with van der Waals surface area (Å²) >= 11 is 0. The van der Waals surface area contributed by atoms with Crippen LogP contribution in [-0.2, 0) is 0 Å². The highest BCUT2D eigenvalue weighted by Crippen LogP contribution is 2.45. The average molecular weight is 459 g/mol. The van der Waals surface area contributed by atoms with Crippen molar-refractivity contribution in [3.05, 3.63) is 133 Å². The van der Waals surface area contributed by atoms with E-state index < -0.39 is 0 Å². The zero-order chi connectivity index (χ0) is 23.6. The molecule has 2 heterocycles. The van der Waals surface area contributed by atoms with Crippen molar-refractivity contribution in [2.75, 3.05) is 4.90 Å². The van der Waals surface area contributed by atoms with Crippen molar-refractivity contribution >= 4 is 65.9 Å². The summed E-state index contributed by atoms with van der Waals surface area (Å²) in [7, 11) is 0. The molecule has 0 fully saturated rings. The van der Waals surface area contributed by atoms with Crippen molar-refractivity contribution in [3.8, 4) is 0 Å². The molecule has 0 aliphatic carbocycles. The fraction of sp³-hybridized carbons (Fsp3) is 0. The average Bonchev–Trinajstić information content (AvgIpc) is 3.44. The summed E-state index contributed by atoms with van der Waals surface area (Å²) in [6, 6.07) is 48.2. The predicted molar refractivity (Wildman–Crippen MR) is 153 cm³/mol. The second-order valence-corrected chi connectivity index (χ2v) is 9.47. The molecule has 2 aromatic heterocycles. The molecular weight excluding hydrogens is 436 g/mol. The van der Waals surface area contributed by atoms with Gasteiger partial charge in [-0.05, 0) is 65.4 Å². The minimum absolute atomic E-state index is 1.15. The Bertz CT molecular complexity index is 2000. The van der Waals surface area contributed by atoms with Gasteiger partial charge in [0, 0.05) is 38.6 Å². The molecule has 8 aromatic rings. The van der Waals surface area contributed by atoms with E-state index in [1.54, 1.807) is 0 Å². The third-order valence-corrected chi connectivity index (χ3v) is 7.44. The first kappa shape index (κ1) is 19.5. The highest BCUT2D eigenvalue weighted by atomic mass is 15.1. The Morgan fingerprint density at radius 2 is 0.944 bits per heavy atom. The lowest BCUT2D eigenvalue weighted by atomic mass is 10.0. The number of hydrogen-bond acceptors (Lipinski definition) is 1. The maximum absolute atomic E-state index is 2.46. The Morgan fingerprint density at radius 1 is 0.389 bits per heavy atom. The molecule has 2 nitrogen and oxygen atoms in total. The van der Waals surface area contributed by atoms with E-state index in [1.165, 1.54) is 54.6 Å². The van der Waals surface area contributed by atoms with Crippen LogP contribution in [0.2, 0.25) is 0 Å². The molecule has 0 bridgehead atoms. The van der Waals surface area contributed by atoms with E-state index in [4.69, 9.17) is 0 Å². The minimum Gasteiger partial charge on any atom is -0.310 e. The monoisotopic (exact) mass is 458 g/mol. The summed E-state index contributed by atoms with van der Waals surface area (Å²) in [6.07, 6.45) is 0. The van der Waals surface area contributed by atoms with Gasteiger partial charge in [0.05, 0.1) is 16.6 Å².